The molecule has 7 nitrogen and oxygen atoms in total. The van der Waals surface area contributed by atoms with Gasteiger partial charge in [0.1, 0.15) is 0 Å². The molecule has 0 aliphatic carbocycles. The third kappa shape index (κ3) is 5.00. The van der Waals surface area contributed by atoms with Crippen molar-refractivity contribution in [2.45, 2.75) is 49.1 Å². The number of hydrogen-bond acceptors (Lipinski definition) is 5. The van der Waals surface area contributed by atoms with Crippen LogP contribution in [0.2, 0.25) is 0 Å². The van der Waals surface area contributed by atoms with Crippen molar-refractivity contribution >= 4 is 28.3 Å². The molecule has 0 spiro atoms. The highest BCUT2D eigenvalue weighted by atomic mass is 35.5. The highest BCUT2D eigenvalue weighted by Gasteiger charge is 2.38. The van der Waals surface area contributed by atoms with Gasteiger partial charge in [-0.15, -0.1) is 12.4 Å². The molecule has 2 fully saturated rings. The molecule has 27 heavy (non-hydrogen) atoms. The molecule has 0 radical (unpaired) electrons. The van der Waals surface area contributed by atoms with Crippen LogP contribution in [-0.2, 0) is 19.6 Å². The van der Waals surface area contributed by atoms with Crippen molar-refractivity contribution in [3.8, 4) is 0 Å². The van der Waals surface area contributed by atoms with Gasteiger partial charge in [-0.2, -0.15) is 4.31 Å². The predicted octanol–water partition coefficient (Wildman–Crippen LogP) is 1.19. The van der Waals surface area contributed by atoms with Crippen LogP contribution in [0.1, 0.15) is 31.2 Å². The maximum atomic E-state index is 12.7. The number of halogens is 1. The van der Waals surface area contributed by atoms with Crippen LogP contribution >= 0.6 is 12.4 Å². The zero-order valence-electron chi connectivity index (χ0n) is 15.5. The standard InChI is InChI=1S/C18H27N3O4S.ClH/c1-14-2-4-16(5-3-14)26(23,24)21-10-6-15(7-11-21)20-17(22)18(19)8-12-25-13-9-18;/h2-5,15H,6-13,19H2,1H3,(H,20,22);1H. The molecule has 9 heteroatoms. The molecule has 2 saturated heterocycles. The van der Waals surface area contributed by atoms with E-state index < -0.39 is 15.6 Å². The second-order valence-corrected chi connectivity index (χ2v) is 9.17. The summed E-state index contributed by atoms with van der Waals surface area (Å²) in [4.78, 5) is 12.8. The number of nitrogens with one attached hydrogen (secondary N) is 1. The Morgan fingerprint density at radius 1 is 1.19 bits per heavy atom. The van der Waals surface area contributed by atoms with Crippen LogP contribution in [0.3, 0.4) is 0 Å². The molecular weight excluding hydrogens is 390 g/mol. The second kappa shape index (κ2) is 8.87. The van der Waals surface area contributed by atoms with Gasteiger partial charge in [0.15, 0.2) is 0 Å². The molecule has 3 rings (SSSR count). The van der Waals surface area contributed by atoms with Crippen molar-refractivity contribution in [3.63, 3.8) is 0 Å². The molecule has 1 aromatic rings. The predicted molar refractivity (Wildman–Crippen MR) is 105 cm³/mol. The van der Waals surface area contributed by atoms with Crippen LogP contribution in [0.5, 0.6) is 0 Å². The molecule has 0 bridgehead atoms. The first-order valence-electron chi connectivity index (χ1n) is 9.06. The first-order chi connectivity index (χ1) is 12.3. The number of ether oxygens (including phenoxy) is 1. The SMILES string of the molecule is Cc1ccc(S(=O)(=O)N2CCC(NC(=O)C3(N)CCOCC3)CC2)cc1.Cl. The number of nitrogens with two attached hydrogens (primary N) is 1. The van der Waals surface area contributed by atoms with Crippen LogP contribution in [-0.4, -0.2) is 56.5 Å². The van der Waals surface area contributed by atoms with Crippen molar-refractivity contribution in [3.05, 3.63) is 29.8 Å². The lowest BCUT2D eigenvalue weighted by atomic mass is 9.89. The van der Waals surface area contributed by atoms with Crippen LogP contribution in [0.25, 0.3) is 0 Å². The maximum absolute atomic E-state index is 12.7. The molecule has 3 N–H and O–H groups in total. The minimum atomic E-state index is -3.48. The lowest BCUT2D eigenvalue weighted by Gasteiger charge is -2.36. The molecule has 2 aliphatic heterocycles. The summed E-state index contributed by atoms with van der Waals surface area (Å²) in [6.07, 6.45) is 2.20. The third-order valence-corrected chi connectivity index (χ3v) is 7.20. The second-order valence-electron chi connectivity index (χ2n) is 7.23. The van der Waals surface area contributed by atoms with E-state index in [2.05, 4.69) is 5.32 Å². The van der Waals surface area contributed by atoms with Gasteiger partial charge in [0.25, 0.3) is 0 Å². The highest BCUT2D eigenvalue weighted by molar-refractivity contribution is 7.89. The first kappa shape index (κ1) is 22.1. The van der Waals surface area contributed by atoms with E-state index in [-0.39, 0.29) is 24.4 Å². The summed E-state index contributed by atoms with van der Waals surface area (Å²) >= 11 is 0. The average molecular weight is 418 g/mol. The Balaban J connectivity index is 0.00000261. The fraction of sp³-hybridized carbons (Fsp3) is 0.611. The highest BCUT2D eigenvalue weighted by Crippen LogP contribution is 2.23. The van der Waals surface area contributed by atoms with Crippen LogP contribution in [0.4, 0.5) is 0 Å². The van der Waals surface area contributed by atoms with Gasteiger partial charge in [-0.1, -0.05) is 17.7 Å². The lowest BCUT2D eigenvalue weighted by Crippen LogP contribution is -2.59. The van der Waals surface area contributed by atoms with E-state index in [1.807, 2.05) is 6.92 Å². The Labute approximate surface area is 167 Å². The van der Waals surface area contributed by atoms with Gasteiger partial charge in [-0.25, -0.2) is 8.42 Å². The van der Waals surface area contributed by atoms with Crippen molar-refractivity contribution in [1.82, 2.24) is 9.62 Å². The topological polar surface area (TPSA) is 102 Å². The largest absolute Gasteiger partial charge is 0.381 e. The Morgan fingerprint density at radius 3 is 2.30 bits per heavy atom. The van der Waals surface area contributed by atoms with Gasteiger partial charge < -0.3 is 15.8 Å². The number of benzene rings is 1. The Kier molecular flexibility index (Phi) is 7.27. The van der Waals surface area contributed by atoms with Gasteiger partial charge >= 0.3 is 0 Å². The summed E-state index contributed by atoms with van der Waals surface area (Å²) < 4.78 is 32.2. The zero-order chi connectivity index (χ0) is 18.8. The lowest BCUT2D eigenvalue weighted by molar-refractivity contribution is -0.130. The summed E-state index contributed by atoms with van der Waals surface area (Å²) in [6, 6.07) is 6.84. The number of piperidine rings is 1. The zero-order valence-corrected chi connectivity index (χ0v) is 17.2. The third-order valence-electron chi connectivity index (χ3n) is 5.29. The number of carbonyl (C=O) groups is 1. The number of rotatable bonds is 4. The molecule has 0 unspecified atom stereocenters. The Bertz CT molecular complexity index is 740. The van der Waals surface area contributed by atoms with Crippen molar-refractivity contribution in [2.24, 2.45) is 5.73 Å². The van der Waals surface area contributed by atoms with Crippen LogP contribution in [0.15, 0.2) is 29.2 Å². The summed E-state index contributed by atoms with van der Waals surface area (Å²) in [6.45, 7) is 3.70. The van der Waals surface area contributed by atoms with Crippen LogP contribution in [0, 0.1) is 6.92 Å². The van der Waals surface area contributed by atoms with E-state index in [0.29, 0.717) is 56.9 Å². The Morgan fingerprint density at radius 2 is 1.74 bits per heavy atom. The van der Waals surface area contributed by atoms with E-state index in [1.54, 1.807) is 24.3 Å². The number of amides is 1. The summed E-state index contributed by atoms with van der Waals surface area (Å²) in [7, 11) is -3.48. The molecule has 2 heterocycles. The first-order valence-corrected chi connectivity index (χ1v) is 10.5. The molecule has 1 amide bonds. The average Bonchev–Trinajstić information content (AvgIpc) is 2.63. The Hall–Kier alpha value is -1.19. The van der Waals surface area contributed by atoms with E-state index in [1.165, 1.54) is 4.31 Å². The number of nitrogens with zero attached hydrogens (tertiary/aromatic N) is 1. The quantitative estimate of drug-likeness (QED) is 0.766. The van der Waals surface area contributed by atoms with E-state index in [4.69, 9.17) is 10.5 Å². The molecule has 0 saturated carbocycles. The van der Waals surface area contributed by atoms with E-state index in [0.717, 1.165) is 5.56 Å². The summed E-state index contributed by atoms with van der Waals surface area (Å²) in [5, 5.41) is 3.01. The maximum Gasteiger partial charge on any atom is 0.243 e. The number of hydrogen-bond donors (Lipinski definition) is 2. The van der Waals surface area contributed by atoms with Crippen LogP contribution < -0.4 is 11.1 Å². The number of aryl methyl sites for hydroxylation is 1. The van der Waals surface area contributed by atoms with Gasteiger partial charge in [0.05, 0.1) is 10.4 Å². The minimum Gasteiger partial charge on any atom is -0.381 e. The van der Waals surface area contributed by atoms with Crippen molar-refractivity contribution in [2.75, 3.05) is 26.3 Å². The van der Waals surface area contributed by atoms with Gasteiger partial charge in [0.2, 0.25) is 15.9 Å². The number of carbonyl (C=O) groups excluding carboxylic acids is 1. The normalized spacial score (nSPS) is 21.3. The molecular formula is C18H28ClN3O4S. The fourth-order valence-electron chi connectivity index (χ4n) is 3.39. The van der Waals surface area contributed by atoms with Gasteiger partial charge in [-0.3, -0.25) is 4.79 Å². The minimum absolute atomic E-state index is 0. The smallest absolute Gasteiger partial charge is 0.243 e. The molecule has 152 valence electrons. The van der Waals surface area contributed by atoms with Crippen molar-refractivity contribution < 1.29 is 17.9 Å². The van der Waals surface area contributed by atoms with Gasteiger partial charge in [0, 0.05) is 32.3 Å². The molecule has 0 aromatic heterocycles. The number of sulfonamides is 1. The van der Waals surface area contributed by atoms with E-state index >= 15 is 0 Å². The summed E-state index contributed by atoms with van der Waals surface area (Å²) in [5.41, 5.74) is 6.36. The van der Waals surface area contributed by atoms with E-state index in [9.17, 15) is 13.2 Å². The fourth-order valence-corrected chi connectivity index (χ4v) is 4.86. The molecule has 1 aromatic carbocycles. The summed E-state index contributed by atoms with van der Waals surface area (Å²) in [5.74, 6) is -0.152. The van der Waals surface area contributed by atoms with Crippen molar-refractivity contribution in [1.29, 1.82) is 0 Å². The van der Waals surface area contributed by atoms with Gasteiger partial charge in [-0.05, 0) is 44.7 Å². The monoisotopic (exact) mass is 417 g/mol. The molecule has 2 aliphatic rings. The molecule has 0 atom stereocenters.